The SMILES string of the molecule is Nc1c(-c2ccc(F)cc2)nc2ccc(Br)cn12. The highest BCUT2D eigenvalue weighted by Crippen LogP contribution is 2.27. The molecule has 2 N–H and O–H groups in total. The van der Waals surface area contributed by atoms with Gasteiger partial charge in [0.1, 0.15) is 23.0 Å². The van der Waals surface area contributed by atoms with Crippen molar-refractivity contribution in [2.75, 3.05) is 5.73 Å². The van der Waals surface area contributed by atoms with Gasteiger partial charge in [0.25, 0.3) is 0 Å². The van der Waals surface area contributed by atoms with Crippen LogP contribution in [0.25, 0.3) is 16.9 Å². The number of halogens is 2. The van der Waals surface area contributed by atoms with E-state index in [4.69, 9.17) is 5.73 Å². The molecule has 0 amide bonds. The number of hydrogen-bond donors (Lipinski definition) is 1. The minimum atomic E-state index is -0.274. The third kappa shape index (κ3) is 1.76. The predicted octanol–water partition coefficient (Wildman–Crippen LogP) is 3.49. The minimum Gasteiger partial charge on any atom is -0.383 e. The van der Waals surface area contributed by atoms with E-state index < -0.39 is 0 Å². The van der Waals surface area contributed by atoms with Gasteiger partial charge < -0.3 is 5.73 Å². The molecular weight excluding hydrogens is 297 g/mol. The van der Waals surface area contributed by atoms with Crippen molar-refractivity contribution in [3.63, 3.8) is 0 Å². The molecule has 18 heavy (non-hydrogen) atoms. The molecule has 0 spiro atoms. The lowest BCUT2D eigenvalue weighted by molar-refractivity contribution is 0.628. The molecule has 90 valence electrons. The zero-order chi connectivity index (χ0) is 12.7. The van der Waals surface area contributed by atoms with Crippen LogP contribution in [0.3, 0.4) is 0 Å². The molecule has 3 aromatic rings. The molecule has 0 atom stereocenters. The van der Waals surface area contributed by atoms with Crippen molar-refractivity contribution >= 4 is 27.4 Å². The second kappa shape index (κ2) is 4.10. The molecule has 2 aromatic heterocycles. The average Bonchev–Trinajstić information content (AvgIpc) is 2.68. The van der Waals surface area contributed by atoms with Crippen LogP contribution < -0.4 is 5.73 Å². The Balaban J connectivity index is 2.23. The van der Waals surface area contributed by atoms with E-state index in [1.54, 1.807) is 16.5 Å². The third-order valence-corrected chi connectivity index (χ3v) is 3.21. The Labute approximate surface area is 111 Å². The van der Waals surface area contributed by atoms with Crippen LogP contribution in [-0.4, -0.2) is 9.38 Å². The maximum Gasteiger partial charge on any atom is 0.139 e. The maximum atomic E-state index is 12.9. The van der Waals surface area contributed by atoms with Crippen LogP contribution in [0.1, 0.15) is 0 Å². The van der Waals surface area contributed by atoms with E-state index in [0.29, 0.717) is 11.5 Å². The second-order valence-electron chi connectivity index (χ2n) is 3.93. The van der Waals surface area contributed by atoms with Crippen molar-refractivity contribution in [1.29, 1.82) is 0 Å². The molecular formula is C13H9BrFN3. The number of nitrogens with zero attached hydrogens (tertiary/aromatic N) is 2. The summed E-state index contributed by atoms with van der Waals surface area (Å²) in [5.41, 5.74) is 8.28. The fraction of sp³-hybridized carbons (Fsp3) is 0. The number of rotatable bonds is 1. The number of benzene rings is 1. The van der Waals surface area contributed by atoms with E-state index in [2.05, 4.69) is 20.9 Å². The van der Waals surface area contributed by atoms with E-state index in [-0.39, 0.29) is 5.82 Å². The Morgan fingerprint density at radius 1 is 1.11 bits per heavy atom. The zero-order valence-corrected chi connectivity index (χ0v) is 10.9. The molecule has 0 aliphatic rings. The lowest BCUT2D eigenvalue weighted by Crippen LogP contribution is -1.93. The summed E-state index contributed by atoms with van der Waals surface area (Å²) in [7, 11) is 0. The number of imidazole rings is 1. The summed E-state index contributed by atoms with van der Waals surface area (Å²) in [6.45, 7) is 0. The van der Waals surface area contributed by atoms with Gasteiger partial charge in [-0.05, 0) is 52.3 Å². The molecule has 2 heterocycles. The van der Waals surface area contributed by atoms with Gasteiger partial charge in [-0.3, -0.25) is 4.40 Å². The molecule has 0 saturated heterocycles. The van der Waals surface area contributed by atoms with Crippen LogP contribution >= 0.6 is 15.9 Å². The van der Waals surface area contributed by atoms with E-state index in [1.165, 1.54) is 12.1 Å². The van der Waals surface area contributed by atoms with Crippen molar-refractivity contribution in [2.24, 2.45) is 0 Å². The van der Waals surface area contributed by atoms with Crippen LogP contribution in [0.2, 0.25) is 0 Å². The molecule has 1 aromatic carbocycles. The normalized spacial score (nSPS) is 11.0. The summed E-state index contributed by atoms with van der Waals surface area (Å²) in [5.74, 6) is 0.265. The molecule has 0 bridgehead atoms. The van der Waals surface area contributed by atoms with E-state index >= 15 is 0 Å². The first-order chi connectivity index (χ1) is 8.65. The van der Waals surface area contributed by atoms with Gasteiger partial charge in [0, 0.05) is 16.2 Å². The van der Waals surface area contributed by atoms with Crippen LogP contribution in [0.15, 0.2) is 47.1 Å². The van der Waals surface area contributed by atoms with Gasteiger partial charge in [-0.2, -0.15) is 0 Å². The van der Waals surface area contributed by atoms with Crippen molar-refractivity contribution < 1.29 is 4.39 Å². The quantitative estimate of drug-likeness (QED) is 0.748. The number of fused-ring (bicyclic) bond motifs is 1. The fourth-order valence-corrected chi connectivity index (χ4v) is 2.19. The van der Waals surface area contributed by atoms with Gasteiger partial charge in [0.15, 0.2) is 0 Å². The fourth-order valence-electron chi connectivity index (χ4n) is 1.86. The molecule has 0 radical (unpaired) electrons. The lowest BCUT2D eigenvalue weighted by atomic mass is 10.1. The van der Waals surface area contributed by atoms with Crippen LogP contribution in [0, 0.1) is 5.82 Å². The Kier molecular flexibility index (Phi) is 2.56. The maximum absolute atomic E-state index is 12.9. The first kappa shape index (κ1) is 11.2. The Morgan fingerprint density at radius 2 is 1.83 bits per heavy atom. The monoisotopic (exact) mass is 305 g/mol. The summed E-state index contributed by atoms with van der Waals surface area (Å²) < 4.78 is 15.6. The van der Waals surface area contributed by atoms with Crippen molar-refractivity contribution in [3.8, 4) is 11.3 Å². The Hall–Kier alpha value is -1.88. The number of nitrogens with two attached hydrogens (primary N) is 1. The number of anilines is 1. The summed E-state index contributed by atoms with van der Waals surface area (Å²) in [6.07, 6.45) is 1.85. The van der Waals surface area contributed by atoms with E-state index in [1.807, 2.05) is 18.3 Å². The predicted molar refractivity (Wildman–Crippen MR) is 72.7 cm³/mol. The van der Waals surface area contributed by atoms with Gasteiger partial charge in [0.2, 0.25) is 0 Å². The average molecular weight is 306 g/mol. The van der Waals surface area contributed by atoms with Gasteiger partial charge in [-0.1, -0.05) is 0 Å². The van der Waals surface area contributed by atoms with Gasteiger partial charge in [-0.25, -0.2) is 9.37 Å². The summed E-state index contributed by atoms with van der Waals surface area (Å²) in [4.78, 5) is 4.45. The smallest absolute Gasteiger partial charge is 0.139 e. The standard InChI is InChI=1S/C13H9BrFN3/c14-9-3-6-11-17-12(13(16)18(11)7-9)8-1-4-10(15)5-2-8/h1-7H,16H2. The molecule has 0 aliphatic heterocycles. The lowest BCUT2D eigenvalue weighted by Gasteiger charge is -1.99. The molecule has 3 rings (SSSR count). The third-order valence-electron chi connectivity index (χ3n) is 2.74. The molecule has 0 unspecified atom stereocenters. The largest absolute Gasteiger partial charge is 0.383 e. The second-order valence-corrected chi connectivity index (χ2v) is 4.84. The van der Waals surface area contributed by atoms with Crippen molar-refractivity contribution in [2.45, 2.75) is 0 Å². The van der Waals surface area contributed by atoms with Gasteiger partial charge in [0.05, 0.1) is 0 Å². The molecule has 5 heteroatoms. The minimum absolute atomic E-state index is 0.274. The number of pyridine rings is 1. The molecule has 0 saturated carbocycles. The highest BCUT2D eigenvalue weighted by molar-refractivity contribution is 9.10. The van der Waals surface area contributed by atoms with Crippen LogP contribution in [-0.2, 0) is 0 Å². The molecule has 0 fully saturated rings. The van der Waals surface area contributed by atoms with Crippen molar-refractivity contribution in [1.82, 2.24) is 9.38 Å². The first-order valence-electron chi connectivity index (χ1n) is 5.34. The molecule has 0 aliphatic carbocycles. The zero-order valence-electron chi connectivity index (χ0n) is 9.27. The topological polar surface area (TPSA) is 43.3 Å². The highest BCUT2D eigenvalue weighted by Gasteiger charge is 2.11. The number of hydrogen-bond acceptors (Lipinski definition) is 2. The highest BCUT2D eigenvalue weighted by atomic mass is 79.9. The Morgan fingerprint density at radius 3 is 2.56 bits per heavy atom. The van der Waals surface area contributed by atoms with E-state index in [0.717, 1.165) is 15.7 Å². The summed E-state index contributed by atoms with van der Waals surface area (Å²) in [6, 6.07) is 9.90. The van der Waals surface area contributed by atoms with Crippen LogP contribution in [0.4, 0.5) is 10.2 Å². The van der Waals surface area contributed by atoms with Crippen molar-refractivity contribution in [3.05, 3.63) is 52.9 Å². The van der Waals surface area contributed by atoms with Gasteiger partial charge >= 0.3 is 0 Å². The molecule has 3 nitrogen and oxygen atoms in total. The first-order valence-corrected chi connectivity index (χ1v) is 6.13. The summed E-state index contributed by atoms with van der Waals surface area (Å²) in [5, 5.41) is 0. The number of aromatic nitrogens is 2. The Bertz CT molecular complexity index is 719. The van der Waals surface area contributed by atoms with Crippen LogP contribution in [0.5, 0.6) is 0 Å². The van der Waals surface area contributed by atoms with Gasteiger partial charge in [-0.15, -0.1) is 0 Å². The van der Waals surface area contributed by atoms with E-state index in [9.17, 15) is 4.39 Å². The summed E-state index contributed by atoms with van der Waals surface area (Å²) >= 11 is 3.39. The number of nitrogen functional groups attached to an aromatic ring is 1.